The molecule has 0 aromatic heterocycles. The average molecular weight is 244 g/mol. The molecular formula is C10H14NO4S-. The van der Waals surface area contributed by atoms with E-state index >= 15 is 0 Å². The molecule has 0 aliphatic heterocycles. The van der Waals surface area contributed by atoms with Crippen LogP contribution in [0.15, 0.2) is 24.3 Å². The van der Waals surface area contributed by atoms with Gasteiger partial charge in [-0.1, -0.05) is 35.3 Å². The number of nitrogens with two attached hydrogens (primary N) is 1. The Hall–Kier alpha value is -0.790. The average Bonchev–Trinajstić information content (AvgIpc) is 2.27. The second-order valence-corrected chi connectivity index (χ2v) is 4.38. The van der Waals surface area contributed by atoms with Gasteiger partial charge in [0.05, 0.1) is 18.8 Å². The molecule has 0 aliphatic carbocycles. The first kappa shape index (κ1) is 13.3. The van der Waals surface area contributed by atoms with Gasteiger partial charge >= 0.3 is 0 Å². The fourth-order valence-electron chi connectivity index (χ4n) is 1.29. The van der Waals surface area contributed by atoms with E-state index in [2.05, 4.69) is 0 Å². The summed E-state index contributed by atoms with van der Waals surface area (Å²) in [6, 6.07) is 5.68. The van der Waals surface area contributed by atoms with Crippen molar-refractivity contribution in [2.45, 2.75) is 17.9 Å². The SMILES string of the molecule is N[C@H](CO)[C@H](O)c1ccc(CS(=O)[O-])cc1. The van der Waals surface area contributed by atoms with Gasteiger partial charge in [0.25, 0.3) is 0 Å². The molecule has 1 aromatic carbocycles. The van der Waals surface area contributed by atoms with Gasteiger partial charge in [-0.15, -0.1) is 0 Å². The second kappa shape index (κ2) is 6.07. The minimum atomic E-state index is -2.12. The van der Waals surface area contributed by atoms with Crippen molar-refractivity contribution in [1.82, 2.24) is 0 Å². The van der Waals surface area contributed by atoms with Crippen molar-refractivity contribution in [2.75, 3.05) is 6.61 Å². The van der Waals surface area contributed by atoms with Crippen LogP contribution in [0, 0.1) is 0 Å². The maximum atomic E-state index is 10.4. The summed E-state index contributed by atoms with van der Waals surface area (Å²) in [5, 5.41) is 18.4. The Kier molecular flexibility index (Phi) is 5.04. The normalized spacial score (nSPS) is 16.8. The van der Waals surface area contributed by atoms with Crippen molar-refractivity contribution in [2.24, 2.45) is 5.73 Å². The fraction of sp³-hybridized carbons (Fsp3) is 0.400. The third-order valence-corrected chi connectivity index (χ3v) is 2.79. The van der Waals surface area contributed by atoms with Crippen LogP contribution in [-0.2, 0) is 16.8 Å². The lowest BCUT2D eigenvalue weighted by Gasteiger charge is -2.17. The summed E-state index contributed by atoms with van der Waals surface area (Å²) in [5.41, 5.74) is 6.67. The summed E-state index contributed by atoms with van der Waals surface area (Å²) in [7, 11) is 0. The van der Waals surface area contributed by atoms with E-state index in [1.165, 1.54) is 0 Å². The minimum Gasteiger partial charge on any atom is -0.772 e. The highest BCUT2D eigenvalue weighted by atomic mass is 32.2. The monoisotopic (exact) mass is 244 g/mol. The van der Waals surface area contributed by atoms with Gasteiger partial charge in [-0.3, -0.25) is 4.21 Å². The van der Waals surface area contributed by atoms with Crippen LogP contribution in [0.25, 0.3) is 0 Å². The van der Waals surface area contributed by atoms with E-state index in [1.54, 1.807) is 24.3 Å². The Morgan fingerprint density at radius 2 is 1.94 bits per heavy atom. The highest BCUT2D eigenvalue weighted by Crippen LogP contribution is 2.16. The molecule has 0 aliphatic rings. The van der Waals surface area contributed by atoms with Gasteiger partial charge in [0, 0.05) is 5.75 Å². The summed E-state index contributed by atoms with van der Waals surface area (Å²) in [6.07, 6.45) is -0.947. The van der Waals surface area contributed by atoms with Crippen LogP contribution in [-0.4, -0.2) is 31.6 Å². The van der Waals surface area contributed by atoms with Gasteiger partial charge in [-0.2, -0.15) is 0 Å². The number of hydrogen-bond acceptors (Lipinski definition) is 5. The number of aliphatic hydroxyl groups excluding tert-OH is 2. The molecule has 6 heteroatoms. The Morgan fingerprint density at radius 3 is 2.38 bits per heavy atom. The van der Waals surface area contributed by atoms with Gasteiger partial charge in [0.2, 0.25) is 0 Å². The van der Waals surface area contributed by atoms with E-state index in [-0.39, 0.29) is 12.4 Å². The van der Waals surface area contributed by atoms with Crippen LogP contribution in [0.1, 0.15) is 17.2 Å². The summed E-state index contributed by atoms with van der Waals surface area (Å²) >= 11 is -2.12. The summed E-state index contributed by atoms with van der Waals surface area (Å²) in [5.74, 6) is -0.0531. The van der Waals surface area contributed by atoms with Gasteiger partial charge in [-0.05, 0) is 11.1 Å². The van der Waals surface area contributed by atoms with E-state index in [9.17, 15) is 13.9 Å². The van der Waals surface area contributed by atoms with Crippen molar-refractivity contribution in [3.63, 3.8) is 0 Å². The molecule has 1 unspecified atom stereocenters. The molecule has 0 saturated heterocycles. The van der Waals surface area contributed by atoms with Gasteiger partial charge in [0.1, 0.15) is 0 Å². The van der Waals surface area contributed by atoms with Crippen molar-refractivity contribution < 1.29 is 19.0 Å². The molecule has 4 N–H and O–H groups in total. The zero-order valence-corrected chi connectivity index (χ0v) is 9.39. The highest BCUT2D eigenvalue weighted by molar-refractivity contribution is 7.78. The first-order valence-electron chi connectivity index (χ1n) is 4.73. The standard InChI is InChI=1S/C10H15NO4S/c11-9(5-12)10(13)8-3-1-7(2-4-8)6-16(14)15/h1-4,9-10,12-13H,5-6,11H2,(H,14,15)/p-1/t9-,10-/m1/s1. The molecule has 0 amide bonds. The molecular weight excluding hydrogens is 230 g/mol. The maximum Gasteiger partial charge on any atom is 0.0963 e. The Morgan fingerprint density at radius 1 is 1.38 bits per heavy atom. The number of benzene rings is 1. The number of rotatable bonds is 5. The molecule has 0 fully saturated rings. The second-order valence-electron chi connectivity index (χ2n) is 3.48. The largest absolute Gasteiger partial charge is 0.772 e. The fourth-order valence-corrected chi connectivity index (χ4v) is 1.76. The first-order valence-corrected chi connectivity index (χ1v) is 5.98. The predicted molar refractivity (Wildman–Crippen MR) is 59.1 cm³/mol. The van der Waals surface area contributed by atoms with Gasteiger partial charge in [0.15, 0.2) is 0 Å². The topological polar surface area (TPSA) is 107 Å². The first-order chi connectivity index (χ1) is 7.54. The minimum absolute atomic E-state index is 0.0531. The molecule has 0 bridgehead atoms. The third-order valence-electron chi connectivity index (χ3n) is 2.22. The van der Waals surface area contributed by atoms with Crippen LogP contribution in [0.5, 0.6) is 0 Å². The van der Waals surface area contributed by atoms with Crippen molar-refractivity contribution in [1.29, 1.82) is 0 Å². The Labute approximate surface area is 96.2 Å². The van der Waals surface area contributed by atoms with Crippen LogP contribution < -0.4 is 5.73 Å². The molecule has 16 heavy (non-hydrogen) atoms. The molecule has 5 nitrogen and oxygen atoms in total. The van der Waals surface area contributed by atoms with Crippen LogP contribution >= 0.6 is 0 Å². The smallest absolute Gasteiger partial charge is 0.0963 e. The van der Waals surface area contributed by atoms with Crippen LogP contribution in [0.3, 0.4) is 0 Å². The molecule has 0 saturated carbocycles. The lowest BCUT2D eigenvalue weighted by molar-refractivity contribution is 0.109. The quantitative estimate of drug-likeness (QED) is 0.601. The van der Waals surface area contributed by atoms with E-state index in [0.717, 1.165) is 0 Å². The predicted octanol–water partition coefficient (Wildman–Crippen LogP) is -0.581. The zero-order valence-electron chi connectivity index (χ0n) is 8.57. The van der Waals surface area contributed by atoms with Gasteiger partial charge in [-0.25, -0.2) is 0 Å². The zero-order chi connectivity index (χ0) is 12.1. The van der Waals surface area contributed by atoms with E-state index in [0.29, 0.717) is 11.1 Å². The van der Waals surface area contributed by atoms with Crippen LogP contribution in [0.4, 0.5) is 0 Å². The van der Waals surface area contributed by atoms with E-state index < -0.39 is 23.2 Å². The molecule has 1 aromatic rings. The van der Waals surface area contributed by atoms with Crippen molar-refractivity contribution in [3.05, 3.63) is 35.4 Å². The number of aliphatic hydroxyl groups is 2. The highest BCUT2D eigenvalue weighted by Gasteiger charge is 2.15. The summed E-state index contributed by atoms with van der Waals surface area (Å²) in [6.45, 7) is -0.312. The molecule has 0 heterocycles. The lowest BCUT2D eigenvalue weighted by Crippen LogP contribution is -2.31. The summed E-state index contributed by atoms with van der Waals surface area (Å²) in [4.78, 5) is 0. The lowest BCUT2D eigenvalue weighted by atomic mass is 10.0. The van der Waals surface area contributed by atoms with E-state index in [1.807, 2.05) is 0 Å². The Bertz CT molecular complexity index is 354. The molecule has 90 valence electrons. The van der Waals surface area contributed by atoms with E-state index in [4.69, 9.17) is 10.8 Å². The number of hydrogen-bond donors (Lipinski definition) is 3. The molecule has 0 spiro atoms. The third kappa shape index (κ3) is 3.66. The van der Waals surface area contributed by atoms with Gasteiger partial charge < -0.3 is 20.5 Å². The Balaban J connectivity index is 2.74. The van der Waals surface area contributed by atoms with Crippen molar-refractivity contribution in [3.8, 4) is 0 Å². The van der Waals surface area contributed by atoms with Crippen molar-refractivity contribution >= 4 is 11.1 Å². The van der Waals surface area contributed by atoms with Crippen LogP contribution in [0.2, 0.25) is 0 Å². The maximum absolute atomic E-state index is 10.4. The molecule has 0 radical (unpaired) electrons. The molecule has 1 rings (SSSR count). The summed E-state index contributed by atoms with van der Waals surface area (Å²) < 4.78 is 20.9. The molecule has 3 atom stereocenters.